The molecular formula is C28H29N7O4S. The highest BCUT2D eigenvalue weighted by molar-refractivity contribution is 7.13. The van der Waals surface area contributed by atoms with Crippen molar-refractivity contribution >= 4 is 40.6 Å². The largest absolute Gasteiger partial charge is 0.383 e. The van der Waals surface area contributed by atoms with Gasteiger partial charge in [-0.1, -0.05) is 6.07 Å². The van der Waals surface area contributed by atoms with E-state index in [1.165, 1.54) is 0 Å². The zero-order valence-corrected chi connectivity index (χ0v) is 22.7. The Labute approximate surface area is 235 Å². The first-order valence-corrected chi connectivity index (χ1v) is 13.7. The van der Waals surface area contributed by atoms with Crippen molar-refractivity contribution in [3.63, 3.8) is 0 Å². The van der Waals surface area contributed by atoms with Gasteiger partial charge in [0.05, 0.1) is 24.7 Å². The van der Waals surface area contributed by atoms with Crippen LogP contribution in [0.4, 0.5) is 22.1 Å². The number of aromatic nitrogens is 3. The lowest BCUT2D eigenvalue weighted by molar-refractivity contribution is 0.0937. The summed E-state index contributed by atoms with van der Waals surface area (Å²) in [6.07, 6.45) is 0. The summed E-state index contributed by atoms with van der Waals surface area (Å²) >= 11 is 1.58. The SMILES string of the molecule is COCCNC(=O)c1ccc(NC(=O)Nc2ccc(-c3nc(-c4cccs4)nc(N4CCOCC4)n3)cc2)cc1. The molecule has 1 aliphatic heterocycles. The second-order valence-electron chi connectivity index (χ2n) is 8.84. The van der Waals surface area contributed by atoms with Crippen LogP contribution in [-0.2, 0) is 9.47 Å². The van der Waals surface area contributed by atoms with Crippen LogP contribution < -0.4 is 20.9 Å². The standard InChI is InChI=1S/C28H29N7O4S/c1-38-15-12-29-26(36)20-6-10-22(11-7-20)31-28(37)30-21-8-4-19(5-9-21)24-32-25(23-3-2-18-40-23)34-27(33-24)35-13-16-39-17-14-35/h2-11,18H,12-17H2,1H3,(H,29,36)(H2,30,31,37). The van der Waals surface area contributed by atoms with Gasteiger partial charge in [-0.15, -0.1) is 11.3 Å². The molecule has 11 nitrogen and oxygen atoms in total. The number of morpholine rings is 1. The van der Waals surface area contributed by atoms with E-state index in [1.807, 2.05) is 29.6 Å². The summed E-state index contributed by atoms with van der Waals surface area (Å²) in [7, 11) is 1.57. The third-order valence-electron chi connectivity index (χ3n) is 6.06. The first-order valence-electron chi connectivity index (χ1n) is 12.8. The lowest BCUT2D eigenvalue weighted by atomic mass is 10.2. The van der Waals surface area contributed by atoms with Crippen molar-refractivity contribution < 1.29 is 19.1 Å². The number of amides is 3. The Bertz CT molecular complexity index is 1420. The molecule has 1 fully saturated rings. The van der Waals surface area contributed by atoms with E-state index >= 15 is 0 Å². The van der Waals surface area contributed by atoms with Gasteiger partial charge in [0.2, 0.25) is 5.95 Å². The fraction of sp³-hybridized carbons (Fsp3) is 0.250. The summed E-state index contributed by atoms with van der Waals surface area (Å²) in [4.78, 5) is 41.9. The van der Waals surface area contributed by atoms with Crippen molar-refractivity contribution in [3.05, 3.63) is 71.6 Å². The van der Waals surface area contributed by atoms with E-state index in [4.69, 9.17) is 24.4 Å². The molecule has 0 spiro atoms. The summed E-state index contributed by atoms with van der Waals surface area (Å²) in [5, 5.41) is 10.3. The van der Waals surface area contributed by atoms with Gasteiger partial charge >= 0.3 is 6.03 Å². The molecule has 0 radical (unpaired) electrons. The van der Waals surface area contributed by atoms with Gasteiger partial charge in [-0.05, 0) is 60.0 Å². The number of thiophene rings is 1. The first-order chi connectivity index (χ1) is 19.6. The van der Waals surface area contributed by atoms with E-state index in [1.54, 1.807) is 54.8 Å². The maximum Gasteiger partial charge on any atom is 0.323 e. The average Bonchev–Trinajstić information content (AvgIpc) is 3.54. The van der Waals surface area contributed by atoms with Crippen molar-refractivity contribution in [2.45, 2.75) is 0 Å². The minimum atomic E-state index is -0.403. The number of anilines is 3. The fourth-order valence-electron chi connectivity index (χ4n) is 3.98. The van der Waals surface area contributed by atoms with E-state index in [0.29, 0.717) is 60.9 Å². The molecule has 3 heterocycles. The Morgan fingerprint density at radius 3 is 2.25 bits per heavy atom. The smallest absolute Gasteiger partial charge is 0.323 e. The number of rotatable bonds is 9. The van der Waals surface area contributed by atoms with E-state index in [0.717, 1.165) is 23.5 Å². The Morgan fingerprint density at radius 2 is 1.60 bits per heavy atom. The predicted molar refractivity (Wildman–Crippen MR) is 155 cm³/mol. The van der Waals surface area contributed by atoms with Gasteiger partial charge in [0.25, 0.3) is 5.91 Å². The highest BCUT2D eigenvalue weighted by atomic mass is 32.1. The topological polar surface area (TPSA) is 131 Å². The van der Waals surface area contributed by atoms with Crippen LogP contribution in [0.15, 0.2) is 66.0 Å². The van der Waals surface area contributed by atoms with Gasteiger partial charge in [0.15, 0.2) is 11.6 Å². The van der Waals surface area contributed by atoms with Crippen LogP contribution in [-0.4, -0.2) is 73.5 Å². The maximum atomic E-state index is 12.6. The number of hydrogen-bond donors (Lipinski definition) is 3. The molecule has 2 aromatic carbocycles. The molecule has 3 N–H and O–H groups in total. The number of nitrogens with zero attached hydrogens (tertiary/aromatic N) is 4. The van der Waals surface area contributed by atoms with E-state index in [2.05, 4.69) is 20.9 Å². The molecule has 4 aromatic rings. The van der Waals surface area contributed by atoms with Crippen molar-refractivity contribution in [1.29, 1.82) is 0 Å². The third-order valence-corrected chi connectivity index (χ3v) is 6.92. The van der Waals surface area contributed by atoms with Crippen molar-refractivity contribution in [2.75, 3.05) is 62.1 Å². The van der Waals surface area contributed by atoms with Crippen LogP contribution in [0.25, 0.3) is 22.1 Å². The summed E-state index contributed by atoms with van der Waals surface area (Å²) < 4.78 is 10.4. The molecule has 1 saturated heterocycles. The lowest BCUT2D eigenvalue weighted by Gasteiger charge is -2.27. The van der Waals surface area contributed by atoms with Gasteiger partial charge in [-0.3, -0.25) is 4.79 Å². The molecule has 0 aliphatic carbocycles. The second kappa shape index (κ2) is 13.1. The number of benzene rings is 2. The molecule has 0 unspecified atom stereocenters. The monoisotopic (exact) mass is 559 g/mol. The van der Waals surface area contributed by atoms with Gasteiger partial charge in [0, 0.05) is 49.2 Å². The normalized spacial score (nSPS) is 13.1. The minimum absolute atomic E-state index is 0.203. The summed E-state index contributed by atoms with van der Waals surface area (Å²) in [5.41, 5.74) is 2.47. The Balaban J connectivity index is 1.24. The van der Waals surface area contributed by atoms with Crippen LogP contribution in [0.2, 0.25) is 0 Å². The zero-order chi connectivity index (χ0) is 27.7. The Morgan fingerprint density at radius 1 is 0.925 bits per heavy atom. The molecule has 0 saturated carbocycles. The number of nitrogens with one attached hydrogen (secondary N) is 3. The Kier molecular flexibility index (Phi) is 8.91. The van der Waals surface area contributed by atoms with Crippen LogP contribution in [0.3, 0.4) is 0 Å². The quantitative estimate of drug-likeness (QED) is 0.261. The lowest BCUT2D eigenvalue weighted by Crippen LogP contribution is -2.37. The summed E-state index contributed by atoms with van der Waals surface area (Å²) in [6, 6.07) is 17.5. The van der Waals surface area contributed by atoms with Crippen LogP contribution in [0.1, 0.15) is 10.4 Å². The zero-order valence-electron chi connectivity index (χ0n) is 21.9. The van der Waals surface area contributed by atoms with E-state index in [-0.39, 0.29) is 5.91 Å². The molecule has 206 valence electrons. The number of carbonyl (C=O) groups excluding carboxylic acids is 2. The number of urea groups is 1. The van der Waals surface area contributed by atoms with Crippen LogP contribution in [0, 0.1) is 0 Å². The number of carbonyl (C=O) groups is 2. The van der Waals surface area contributed by atoms with E-state index in [9.17, 15) is 9.59 Å². The van der Waals surface area contributed by atoms with Gasteiger partial charge < -0.3 is 30.3 Å². The van der Waals surface area contributed by atoms with Gasteiger partial charge in [-0.25, -0.2) is 9.78 Å². The van der Waals surface area contributed by atoms with Gasteiger partial charge in [-0.2, -0.15) is 9.97 Å². The molecule has 0 atom stereocenters. The minimum Gasteiger partial charge on any atom is -0.383 e. The van der Waals surface area contributed by atoms with Crippen molar-refractivity contribution in [2.24, 2.45) is 0 Å². The first kappa shape index (κ1) is 27.2. The number of hydrogen-bond acceptors (Lipinski definition) is 9. The molecule has 40 heavy (non-hydrogen) atoms. The average molecular weight is 560 g/mol. The predicted octanol–water partition coefficient (Wildman–Crippen LogP) is 4.12. The number of ether oxygens (including phenoxy) is 2. The fourth-order valence-corrected chi connectivity index (χ4v) is 4.64. The number of methoxy groups -OCH3 is 1. The van der Waals surface area contributed by atoms with Crippen molar-refractivity contribution in [1.82, 2.24) is 20.3 Å². The molecule has 12 heteroatoms. The second-order valence-corrected chi connectivity index (χ2v) is 9.79. The van der Waals surface area contributed by atoms with Crippen LogP contribution >= 0.6 is 11.3 Å². The molecule has 0 bridgehead atoms. The Hall–Kier alpha value is -4.39. The summed E-state index contributed by atoms with van der Waals surface area (Å²) in [6.45, 7) is 3.56. The molecule has 1 aliphatic rings. The van der Waals surface area contributed by atoms with Crippen molar-refractivity contribution in [3.8, 4) is 22.1 Å². The molecular weight excluding hydrogens is 530 g/mol. The highest BCUT2D eigenvalue weighted by Gasteiger charge is 2.18. The summed E-state index contributed by atoms with van der Waals surface area (Å²) in [5.74, 6) is 1.60. The van der Waals surface area contributed by atoms with Crippen LogP contribution in [0.5, 0.6) is 0 Å². The third kappa shape index (κ3) is 6.97. The highest BCUT2D eigenvalue weighted by Crippen LogP contribution is 2.27. The van der Waals surface area contributed by atoms with Gasteiger partial charge in [0.1, 0.15) is 0 Å². The maximum absolute atomic E-state index is 12.6. The molecule has 5 rings (SSSR count). The molecule has 3 amide bonds. The molecule has 2 aromatic heterocycles. The van der Waals surface area contributed by atoms with E-state index < -0.39 is 6.03 Å².